The van der Waals surface area contributed by atoms with E-state index in [1.165, 1.54) is 0 Å². The molecule has 0 spiro atoms. The number of benzene rings is 1. The van der Waals surface area contributed by atoms with Gasteiger partial charge in [-0.05, 0) is 24.6 Å². The Morgan fingerprint density at radius 1 is 1.26 bits per heavy atom. The Bertz CT molecular complexity index is 542. The minimum Gasteiger partial charge on any atom is -0.493 e. The van der Waals surface area contributed by atoms with Crippen LogP contribution in [0, 0.1) is 0 Å². The zero-order chi connectivity index (χ0) is 13.7. The number of alkyl halides is 1. The van der Waals surface area contributed by atoms with Crippen LogP contribution in [0.25, 0.3) is 11.5 Å². The molecule has 2 rings (SSSR count). The normalized spacial score (nSPS) is 10.5. The monoisotopic (exact) mass is 282 g/mol. The molecule has 1 aromatic heterocycles. The van der Waals surface area contributed by atoms with Gasteiger partial charge in [0.2, 0.25) is 11.8 Å². The summed E-state index contributed by atoms with van der Waals surface area (Å²) in [4.78, 5) is 0. The summed E-state index contributed by atoms with van der Waals surface area (Å²) in [6.45, 7) is 2.69. The average Bonchev–Trinajstić information content (AvgIpc) is 2.93. The third kappa shape index (κ3) is 3.17. The third-order valence-corrected chi connectivity index (χ3v) is 2.68. The highest BCUT2D eigenvalue weighted by atomic mass is 35.5. The summed E-state index contributed by atoms with van der Waals surface area (Å²) in [7, 11) is 1.59. The highest BCUT2D eigenvalue weighted by Crippen LogP contribution is 2.32. The average molecular weight is 283 g/mol. The molecule has 1 heterocycles. The molecule has 0 aliphatic heterocycles. The molecule has 102 valence electrons. The first kappa shape index (κ1) is 13.7. The molecular weight excluding hydrogens is 268 g/mol. The molecule has 0 saturated heterocycles. The van der Waals surface area contributed by atoms with E-state index in [4.69, 9.17) is 25.5 Å². The second kappa shape index (κ2) is 6.43. The highest BCUT2D eigenvalue weighted by Gasteiger charge is 2.12. The van der Waals surface area contributed by atoms with E-state index in [-0.39, 0.29) is 5.88 Å². The molecule has 5 nitrogen and oxygen atoms in total. The molecule has 0 bridgehead atoms. The van der Waals surface area contributed by atoms with Gasteiger partial charge in [0.15, 0.2) is 11.5 Å². The summed E-state index contributed by atoms with van der Waals surface area (Å²) >= 11 is 5.63. The van der Waals surface area contributed by atoms with Crippen molar-refractivity contribution in [3.05, 3.63) is 24.1 Å². The van der Waals surface area contributed by atoms with Crippen molar-refractivity contribution in [3.8, 4) is 23.0 Å². The molecule has 0 radical (unpaired) electrons. The van der Waals surface area contributed by atoms with Crippen LogP contribution in [-0.4, -0.2) is 23.9 Å². The van der Waals surface area contributed by atoms with Gasteiger partial charge in [0.25, 0.3) is 0 Å². The maximum atomic E-state index is 5.63. The Labute approximate surface area is 116 Å². The van der Waals surface area contributed by atoms with E-state index in [0.29, 0.717) is 29.9 Å². The summed E-state index contributed by atoms with van der Waals surface area (Å²) < 4.78 is 16.3. The Balaban J connectivity index is 2.27. The molecule has 0 atom stereocenters. The molecule has 0 aliphatic rings. The quantitative estimate of drug-likeness (QED) is 0.761. The standard InChI is InChI=1S/C13H15ClN2O3/c1-3-6-18-10-5-4-9(7-11(10)17-2)13-16-15-12(8-14)19-13/h4-5,7H,3,6,8H2,1-2H3. The van der Waals surface area contributed by atoms with Crippen LogP contribution in [0.1, 0.15) is 19.2 Å². The SMILES string of the molecule is CCCOc1ccc(-c2nnc(CCl)o2)cc1OC. The van der Waals surface area contributed by atoms with Crippen LogP contribution in [0.2, 0.25) is 0 Å². The molecule has 6 heteroatoms. The molecule has 0 aliphatic carbocycles. The number of halogens is 1. The Morgan fingerprint density at radius 2 is 2.11 bits per heavy atom. The fraction of sp³-hybridized carbons (Fsp3) is 0.385. The molecular formula is C13H15ClN2O3. The molecule has 1 aromatic carbocycles. The number of aromatic nitrogens is 2. The third-order valence-electron chi connectivity index (χ3n) is 2.45. The van der Waals surface area contributed by atoms with E-state index >= 15 is 0 Å². The van der Waals surface area contributed by atoms with Gasteiger partial charge in [-0.1, -0.05) is 6.92 Å². The van der Waals surface area contributed by atoms with Crippen molar-refractivity contribution in [1.29, 1.82) is 0 Å². The largest absolute Gasteiger partial charge is 0.493 e. The lowest BCUT2D eigenvalue weighted by atomic mass is 10.2. The van der Waals surface area contributed by atoms with Gasteiger partial charge in [0.05, 0.1) is 13.7 Å². The Morgan fingerprint density at radius 3 is 2.74 bits per heavy atom. The van der Waals surface area contributed by atoms with E-state index < -0.39 is 0 Å². The van der Waals surface area contributed by atoms with E-state index in [9.17, 15) is 0 Å². The summed E-state index contributed by atoms with van der Waals surface area (Å²) in [5, 5.41) is 7.74. The lowest BCUT2D eigenvalue weighted by molar-refractivity contribution is 0.294. The molecule has 0 amide bonds. The van der Waals surface area contributed by atoms with Gasteiger partial charge in [-0.25, -0.2) is 0 Å². The molecule has 0 unspecified atom stereocenters. The van der Waals surface area contributed by atoms with Crippen LogP contribution in [0.15, 0.2) is 22.6 Å². The van der Waals surface area contributed by atoms with Crippen LogP contribution < -0.4 is 9.47 Å². The number of rotatable bonds is 6. The number of hydrogen-bond acceptors (Lipinski definition) is 5. The van der Waals surface area contributed by atoms with E-state index in [1.807, 2.05) is 19.1 Å². The summed E-state index contributed by atoms with van der Waals surface area (Å²) in [6.07, 6.45) is 0.938. The van der Waals surface area contributed by atoms with Gasteiger partial charge in [-0.3, -0.25) is 0 Å². The van der Waals surface area contributed by atoms with Gasteiger partial charge in [-0.2, -0.15) is 0 Å². The predicted octanol–water partition coefficient (Wildman–Crippen LogP) is 3.27. The highest BCUT2D eigenvalue weighted by molar-refractivity contribution is 6.16. The van der Waals surface area contributed by atoms with E-state index in [2.05, 4.69) is 10.2 Å². The smallest absolute Gasteiger partial charge is 0.247 e. The van der Waals surface area contributed by atoms with Crippen LogP contribution in [-0.2, 0) is 5.88 Å². The van der Waals surface area contributed by atoms with E-state index in [1.54, 1.807) is 13.2 Å². The van der Waals surface area contributed by atoms with Crippen LogP contribution in [0.3, 0.4) is 0 Å². The van der Waals surface area contributed by atoms with Crippen LogP contribution in [0.4, 0.5) is 0 Å². The number of hydrogen-bond donors (Lipinski definition) is 0. The minimum atomic E-state index is 0.196. The Kier molecular flexibility index (Phi) is 4.63. The second-order valence-corrected chi connectivity index (χ2v) is 4.12. The summed E-state index contributed by atoms with van der Waals surface area (Å²) in [5.74, 6) is 2.33. The molecule has 0 fully saturated rings. The number of ether oxygens (including phenoxy) is 2. The molecule has 2 aromatic rings. The summed E-state index contributed by atoms with van der Waals surface area (Å²) in [5.41, 5.74) is 0.768. The molecule has 0 N–H and O–H groups in total. The lowest BCUT2D eigenvalue weighted by Gasteiger charge is -2.10. The zero-order valence-electron chi connectivity index (χ0n) is 10.9. The van der Waals surface area contributed by atoms with Gasteiger partial charge in [0.1, 0.15) is 5.88 Å². The fourth-order valence-corrected chi connectivity index (χ4v) is 1.66. The first-order valence-electron chi connectivity index (χ1n) is 5.98. The minimum absolute atomic E-state index is 0.196. The maximum Gasteiger partial charge on any atom is 0.247 e. The van der Waals surface area contributed by atoms with Crippen molar-refractivity contribution in [2.75, 3.05) is 13.7 Å². The van der Waals surface area contributed by atoms with Gasteiger partial charge >= 0.3 is 0 Å². The number of methoxy groups -OCH3 is 1. The lowest BCUT2D eigenvalue weighted by Crippen LogP contribution is -1.97. The van der Waals surface area contributed by atoms with Crippen molar-refractivity contribution < 1.29 is 13.9 Å². The Hall–Kier alpha value is -1.75. The van der Waals surface area contributed by atoms with Crippen molar-refractivity contribution in [2.24, 2.45) is 0 Å². The fourth-order valence-electron chi connectivity index (χ4n) is 1.56. The zero-order valence-corrected chi connectivity index (χ0v) is 11.6. The van der Waals surface area contributed by atoms with Crippen molar-refractivity contribution in [3.63, 3.8) is 0 Å². The second-order valence-electron chi connectivity index (χ2n) is 3.85. The van der Waals surface area contributed by atoms with Gasteiger partial charge < -0.3 is 13.9 Å². The number of nitrogens with zero attached hydrogens (tertiary/aromatic N) is 2. The first-order valence-corrected chi connectivity index (χ1v) is 6.51. The van der Waals surface area contributed by atoms with E-state index in [0.717, 1.165) is 12.0 Å². The van der Waals surface area contributed by atoms with Gasteiger partial charge in [0, 0.05) is 5.56 Å². The maximum absolute atomic E-state index is 5.63. The van der Waals surface area contributed by atoms with Crippen LogP contribution >= 0.6 is 11.6 Å². The first-order chi connectivity index (χ1) is 9.28. The topological polar surface area (TPSA) is 57.4 Å². The van der Waals surface area contributed by atoms with Crippen molar-refractivity contribution in [2.45, 2.75) is 19.2 Å². The molecule has 19 heavy (non-hydrogen) atoms. The van der Waals surface area contributed by atoms with Crippen LogP contribution in [0.5, 0.6) is 11.5 Å². The molecule has 0 saturated carbocycles. The van der Waals surface area contributed by atoms with Crippen molar-refractivity contribution in [1.82, 2.24) is 10.2 Å². The van der Waals surface area contributed by atoms with Crippen molar-refractivity contribution >= 4 is 11.6 Å². The predicted molar refractivity (Wildman–Crippen MR) is 71.6 cm³/mol. The summed E-state index contributed by atoms with van der Waals surface area (Å²) in [6, 6.07) is 5.48. The van der Waals surface area contributed by atoms with Gasteiger partial charge in [-0.15, -0.1) is 21.8 Å².